The van der Waals surface area contributed by atoms with E-state index in [1.54, 1.807) is 5.57 Å². The normalized spacial score (nSPS) is 32.9. The third kappa shape index (κ3) is 3.12. The van der Waals surface area contributed by atoms with Crippen LogP contribution in [0.4, 0.5) is 5.69 Å². The van der Waals surface area contributed by atoms with Gasteiger partial charge in [0.2, 0.25) is 0 Å². The molecule has 0 aromatic heterocycles. The van der Waals surface area contributed by atoms with Gasteiger partial charge in [0.05, 0.1) is 22.3 Å². The van der Waals surface area contributed by atoms with Gasteiger partial charge < -0.3 is 15.4 Å². The highest BCUT2D eigenvalue weighted by molar-refractivity contribution is 6.42. The molecule has 3 aliphatic heterocycles. The van der Waals surface area contributed by atoms with Crippen LogP contribution in [-0.4, -0.2) is 31.8 Å². The van der Waals surface area contributed by atoms with Crippen molar-refractivity contribution >= 4 is 28.9 Å². The molecule has 1 aromatic rings. The summed E-state index contributed by atoms with van der Waals surface area (Å²) in [6.07, 6.45) is 6.76. The van der Waals surface area contributed by atoms with E-state index in [1.165, 1.54) is 12.8 Å². The molecule has 3 aliphatic rings. The van der Waals surface area contributed by atoms with Gasteiger partial charge in [-0.2, -0.15) is 0 Å². The highest BCUT2D eigenvalue weighted by Crippen LogP contribution is 2.47. The molecule has 2 saturated heterocycles. The number of rotatable bonds is 4. The van der Waals surface area contributed by atoms with Crippen molar-refractivity contribution in [3.63, 3.8) is 0 Å². The Morgan fingerprint density at radius 3 is 2.83 bits per heavy atom. The molecule has 3 unspecified atom stereocenters. The van der Waals surface area contributed by atoms with Gasteiger partial charge in [-0.25, -0.2) is 0 Å². The number of nitrogens with one attached hydrogen (secondary N) is 2. The largest absolute Gasteiger partial charge is 0.385 e. The van der Waals surface area contributed by atoms with E-state index in [-0.39, 0.29) is 0 Å². The maximum Gasteiger partial charge on any atom is 0.0649 e. The molecular weight excluding hydrogens is 331 g/mol. The Morgan fingerprint density at radius 2 is 2.04 bits per heavy atom. The van der Waals surface area contributed by atoms with Crippen molar-refractivity contribution in [1.29, 1.82) is 0 Å². The van der Waals surface area contributed by atoms with Crippen molar-refractivity contribution in [2.24, 2.45) is 11.8 Å². The van der Waals surface area contributed by atoms with Crippen LogP contribution < -0.4 is 10.6 Å². The molecule has 2 bridgehead atoms. The van der Waals surface area contributed by atoms with E-state index < -0.39 is 0 Å². The van der Waals surface area contributed by atoms with Crippen LogP contribution >= 0.6 is 23.2 Å². The number of anilines is 1. The van der Waals surface area contributed by atoms with Crippen LogP contribution in [0.5, 0.6) is 0 Å². The molecule has 1 aromatic carbocycles. The van der Waals surface area contributed by atoms with Crippen LogP contribution in [0.25, 0.3) is 0 Å². The average molecular weight is 353 g/mol. The molecule has 5 heteroatoms. The van der Waals surface area contributed by atoms with E-state index in [0.29, 0.717) is 34.1 Å². The standard InChI is InChI=1S/C18H22Cl2N2O/c19-14-2-1-12(9-15(14)20)22-10-13-16-3-4-17(23-16)18(13)11-5-7-21-8-6-11/h1-2,5,9,13,16-18,21-22H,3-4,6-8,10H2/t13-,16?,17?,18?/m0/s1. The van der Waals surface area contributed by atoms with Gasteiger partial charge in [0.15, 0.2) is 0 Å². The fourth-order valence-corrected chi connectivity index (χ4v) is 4.63. The van der Waals surface area contributed by atoms with Gasteiger partial charge in [-0.1, -0.05) is 34.9 Å². The molecule has 2 N–H and O–H groups in total. The molecule has 4 rings (SSSR count). The second kappa shape index (κ2) is 6.64. The number of ether oxygens (including phenoxy) is 1. The smallest absolute Gasteiger partial charge is 0.0649 e. The van der Waals surface area contributed by atoms with Gasteiger partial charge in [-0.05, 0) is 44.0 Å². The summed E-state index contributed by atoms with van der Waals surface area (Å²) >= 11 is 12.1. The van der Waals surface area contributed by atoms with Gasteiger partial charge in [0.1, 0.15) is 0 Å². The molecule has 0 saturated carbocycles. The van der Waals surface area contributed by atoms with Crippen molar-refractivity contribution in [2.75, 3.05) is 25.0 Å². The lowest BCUT2D eigenvalue weighted by atomic mass is 9.73. The average Bonchev–Trinajstić information content (AvgIpc) is 3.18. The Balaban J connectivity index is 1.47. The predicted octanol–water partition coefficient (Wildman–Crippen LogP) is 4.12. The van der Waals surface area contributed by atoms with Gasteiger partial charge in [0, 0.05) is 30.6 Å². The summed E-state index contributed by atoms with van der Waals surface area (Å²) in [5.74, 6) is 1.12. The lowest BCUT2D eigenvalue weighted by Crippen LogP contribution is -2.36. The molecule has 4 atom stereocenters. The first-order valence-electron chi connectivity index (χ1n) is 8.46. The van der Waals surface area contributed by atoms with Crippen LogP contribution in [-0.2, 0) is 4.74 Å². The third-order valence-electron chi connectivity index (χ3n) is 5.41. The second-order valence-electron chi connectivity index (χ2n) is 6.72. The molecular formula is C18H22Cl2N2O. The van der Waals surface area contributed by atoms with Crippen molar-refractivity contribution in [3.05, 3.63) is 39.9 Å². The van der Waals surface area contributed by atoms with Crippen molar-refractivity contribution < 1.29 is 4.74 Å². The molecule has 3 nitrogen and oxygen atoms in total. The number of benzene rings is 1. The minimum absolute atomic E-state index is 0.399. The third-order valence-corrected chi connectivity index (χ3v) is 6.15. The monoisotopic (exact) mass is 352 g/mol. The van der Waals surface area contributed by atoms with Gasteiger partial charge >= 0.3 is 0 Å². The molecule has 0 spiro atoms. The summed E-state index contributed by atoms with van der Waals surface area (Å²) in [7, 11) is 0. The van der Waals surface area contributed by atoms with Crippen molar-refractivity contribution in [2.45, 2.75) is 31.5 Å². The topological polar surface area (TPSA) is 33.3 Å². The summed E-state index contributed by atoms with van der Waals surface area (Å²) in [5, 5.41) is 8.14. The van der Waals surface area contributed by atoms with Crippen LogP contribution in [0.15, 0.2) is 29.8 Å². The van der Waals surface area contributed by atoms with Crippen LogP contribution in [0.2, 0.25) is 10.0 Å². The zero-order valence-corrected chi connectivity index (χ0v) is 14.5. The maximum absolute atomic E-state index is 6.23. The van der Waals surface area contributed by atoms with Crippen LogP contribution in [0.1, 0.15) is 19.3 Å². The lowest BCUT2D eigenvalue weighted by molar-refractivity contribution is 0.0900. The fourth-order valence-electron chi connectivity index (χ4n) is 4.33. The Labute approximate surface area is 147 Å². The highest BCUT2D eigenvalue weighted by atomic mass is 35.5. The Bertz CT molecular complexity index is 619. The van der Waals surface area contributed by atoms with Crippen LogP contribution in [0, 0.1) is 11.8 Å². The van der Waals surface area contributed by atoms with E-state index >= 15 is 0 Å². The van der Waals surface area contributed by atoms with E-state index in [2.05, 4.69) is 16.7 Å². The number of halogens is 2. The molecule has 0 amide bonds. The highest BCUT2D eigenvalue weighted by Gasteiger charge is 2.49. The molecule has 0 aliphatic carbocycles. The van der Waals surface area contributed by atoms with Gasteiger partial charge in [-0.15, -0.1) is 0 Å². The summed E-state index contributed by atoms with van der Waals surface area (Å²) in [6, 6.07) is 5.73. The number of hydrogen-bond donors (Lipinski definition) is 2. The molecule has 23 heavy (non-hydrogen) atoms. The van der Waals surface area contributed by atoms with Crippen molar-refractivity contribution in [1.82, 2.24) is 5.32 Å². The zero-order valence-electron chi connectivity index (χ0n) is 13.0. The van der Waals surface area contributed by atoms with E-state index in [0.717, 1.165) is 31.7 Å². The minimum Gasteiger partial charge on any atom is -0.385 e. The number of fused-ring (bicyclic) bond motifs is 2. The molecule has 2 fully saturated rings. The second-order valence-corrected chi connectivity index (χ2v) is 7.54. The van der Waals surface area contributed by atoms with Gasteiger partial charge in [-0.3, -0.25) is 0 Å². The summed E-state index contributed by atoms with van der Waals surface area (Å²) < 4.78 is 6.23. The summed E-state index contributed by atoms with van der Waals surface area (Å²) in [5.41, 5.74) is 2.62. The Morgan fingerprint density at radius 1 is 1.17 bits per heavy atom. The first-order valence-corrected chi connectivity index (χ1v) is 9.22. The predicted molar refractivity (Wildman–Crippen MR) is 95.4 cm³/mol. The molecule has 124 valence electrons. The van der Waals surface area contributed by atoms with Gasteiger partial charge in [0.25, 0.3) is 0 Å². The number of hydrogen-bond acceptors (Lipinski definition) is 3. The zero-order chi connectivity index (χ0) is 15.8. The Hall–Kier alpha value is -0.740. The Kier molecular flexibility index (Phi) is 4.55. The van der Waals surface area contributed by atoms with E-state index in [1.807, 2.05) is 18.2 Å². The fraction of sp³-hybridized carbons (Fsp3) is 0.556. The SMILES string of the molecule is Clc1ccc(NC[C@H]2C3CCC(O3)C2C2=CCNCC2)cc1Cl. The summed E-state index contributed by atoms with van der Waals surface area (Å²) in [4.78, 5) is 0. The molecule has 0 radical (unpaired) electrons. The van der Waals surface area contributed by atoms with Crippen LogP contribution in [0.3, 0.4) is 0 Å². The minimum atomic E-state index is 0.399. The van der Waals surface area contributed by atoms with E-state index in [9.17, 15) is 0 Å². The molecule has 3 heterocycles. The summed E-state index contributed by atoms with van der Waals surface area (Å²) in [6.45, 7) is 3.01. The quantitative estimate of drug-likeness (QED) is 0.799. The van der Waals surface area contributed by atoms with Crippen molar-refractivity contribution in [3.8, 4) is 0 Å². The van der Waals surface area contributed by atoms with E-state index in [4.69, 9.17) is 27.9 Å². The maximum atomic E-state index is 6.23. The first kappa shape index (κ1) is 15.8. The first-order chi connectivity index (χ1) is 11.2. The lowest BCUT2D eigenvalue weighted by Gasteiger charge is -2.32.